The van der Waals surface area contributed by atoms with E-state index in [1.54, 1.807) is 6.92 Å². The number of carboxylic acid groups (broad SMARTS) is 1. The molecular formula is C11H20O3. The molecule has 3 nitrogen and oxygen atoms in total. The van der Waals surface area contributed by atoms with Gasteiger partial charge in [0.2, 0.25) is 0 Å². The lowest BCUT2D eigenvalue weighted by atomic mass is 9.95. The maximum absolute atomic E-state index is 11.1. The number of hydrogen-bond donors (Lipinski definition) is 1. The van der Waals surface area contributed by atoms with E-state index in [2.05, 4.69) is 0 Å². The Kier molecular flexibility index (Phi) is 7.07. The summed E-state index contributed by atoms with van der Waals surface area (Å²) < 4.78 is 0. The molecule has 0 aromatic carbocycles. The Morgan fingerprint density at radius 2 is 1.86 bits per heavy atom. The van der Waals surface area contributed by atoms with E-state index in [4.69, 9.17) is 5.11 Å². The highest BCUT2D eigenvalue weighted by atomic mass is 16.4. The summed E-state index contributed by atoms with van der Waals surface area (Å²) in [6.07, 6.45) is 4.65. The molecule has 0 amide bonds. The molecule has 0 spiro atoms. The average Bonchev–Trinajstić information content (AvgIpc) is 2.10. The number of Topliss-reactive ketones (excluding diaryl/α,β-unsaturated/α-hetero) is 1. The van der Waals surface area contributed by atoms with Crippen LogP contribution in [-0.4, -0.2) is 16.9 Å². The van der Waals surface area contributed by atoms with Crippen molar-refractivity contribution in [3.8, 4) is 0 Å². The first-order valence-corrected chi connectivity index (χ1v) is 5.30. The summed E-state index contributed by atoms with van der Waals surface area (Å²) in [5, 5.41) is 8.40. The molecule has 0 bridgehead atoms. The summed E-state index contributed by atoms with van der Waals surface area (Å²) in [6.45, 7) is 3.65. The zero-order valence-corrected chi connectivity index (χ0v) is 9.08. The van der Waals surface area contributed by atoms with Crippen LogP contribution in [0.3, 0.4) is 0 Å². The molecule has 0 aliphatic heterocycles. The van der Waals surface area contributed by atoms with E-state index in [1.807, 2.05) is 6.92 Å². The van der Waals surface area contributed by atoms with Gasteiger partial charge in [-0.25, -0.2) is 0 Å². The van der Waals surface area contributed by atoms with Crippen LogP contribution in [0.1, 0.15) is 52.4 Å². The third kappa shape index (κ3) is 6.63. The number of carboxylic acids is 1. The van der Waals surface area contributed by atoms with Crippen LogP contribution in [0.25, 0.3) is 0 Å². The second kappa shape index (κ2) is 7.54. The molecule has 1 N–H and O–H groups in total. The van der Waals surface area contributed by atoms with E-state index < -0.39 is 5.97 Å². The summed E-state index contributed by atoms with van der Waals surface area (Å²) in [6, 6.07) is 0. The third-order valence-corrected chi connectivity index (χ3v) is 2.51. The van der Waals surface area contributed by atoms with Crippen LogP contribution in [0.4, 0.5) is 0 Å². The molecule has 82 valence electrons. The van der Waals surface area contributed by atoms with E-state index >= 15 is 0 Å². The highest BCUT2D eigenvalue weighted by Crippen LogP contribution is 2.14. The van der Waals surface area contributed by atoms with Crippen LogP contribution in [-0.2, 0) is 9.59 Å². The number of hydrogen-bond acceptors (Lipinski definition) is 2. The Bertz CT molecular complexity index is 187. The minimum atomic E-state index is -0.733. The van der Waals surface area contributed by atoms with Gasteiger partial charge in [0.25, 0.3) is 0 Å². The zero-order valence-electron chi connectivity index (χ0n) is 9.08. The summed E-state index contributed by atoms with van der Waals surface area (Å²) in [4.78, 5) is 21.3. The maximum atomic E-state index is 11.1. The Balaban J connectivity index is 3.42. The van der Waals surface area contributed by atoms with Gasteiger partial charge in [-0.2, -0.15) is 0 Å². The predicted octanol–water partition coefficient (Wildman–Crippen LogP) is 2.64. The molecule has 0 aromatic rings. The van der Waals surface area contributed by atoms with Crippen LogP contribution < -0.4 is 0 Å². The molecule has 0 aliphatic carbocycles. The van der Waals surface area contributed by atoms with E-state index in [-0.39, 0.29) is 18.1 Å². The quantitative estimate of drug-likeness (QED) is 0.613. The fourth-order valence-electron chi connectivity index (χ4n) is 1.54. The van der Waals surface area contributed by atoms with E-state index in [9.17, 15) is 9.59 Å². The Morgan fingerprint density at radius 3 is 2.29 bits per heavy atom. The first kappa shape index (κ1) is 13.1. The monoisotopic (exact) mass is 200 g/mol. The Morgan fingerprint density at radius 1 is 1.21 bits per heavy atom. The van der Waals surface area contributed by atoms with E-state index in [0.29, 0.717) is 0 Å². The van der Waals surface area contributed by atoms with Gasteiger partial charge in [0.15, 0.2) is 0 Å². The molecule has 0 heterocycles. The van der Waals surface area contributed by atoms with Crippen molar-refractivity contribution in [2.75, 3.05) is 0 Å². The van der Waals surface area contributed by atoms with Crippen molar-refractivity contribution in [1.82, 2.24) is 0 Å². The van der Waals surface area contributed by atoms with Gasteiger partial charge in [0, 0.05) is 12.3 Å². The topological polar surface area (TPSA) is 54.4 Å². The third-order valence-electron chi connectivity index (χ3n) is 2.51. The van der Waals surface area contributed by atoms with Crippen molar-refractivity contribution in [1.29, 1.82) is 0 Å². The van der Waals surface area contributed by atoms with Gasteiger partial charge in [0.05, 0.1) is 0 Å². The van der Waals surface area contributed by atoms with Crippen molar-refractivity contribution >= 4 is 11.8 Å². The summed E-state index contributed by atoms with van der Waals surface area (Å²) >= 11 is 0. The molecule has 0 saturated carbocycles. The van der Waals surface area contributed by atoms with Gasteiger partial charge in [-0.3, -0.25) is 9.59 Å². The van der Waals surface area contributed by atoms with Crippen LogP contribution in [0.15, 0.2) is 0 Å². The normalized spacial score (nSPS) is 12.4. The largest absolute Gasteiger partial charge is 0.481 e. The second-order valence-electron chi connectivity index (χ2n) is 3.71. The molecular weight excluding hydrogens is 180 g/mol. The van der Waals surface area contributed by atoms with Crippen molar-refractivity contribution in [3.63, 3.8) is 0 Å². The van der Waals surface area contributed by atoms with Gasteiger partial charge in [0.1, 0.15) is 5.78 Å². The highest BCUT2D eigenvalue weighted by Gasteiger charge is 2.10. The van der Waals surface area contributed by atoms with E-state index in [1.165, 1.54) is 0 Å². The van der Waals surface area contributed by atoms with Gasteiger partial charge < -0.3 is 5.11 Å². The molecule has 0 saturated heterocycles. The molecule has 0 fully saturated rings. The fraction of sp³-hybridized carbons (Fsp3) is 0.818. The van der Waals surface area contributed by atoms with Crippen molar-refractivity contribution in [2.24, 2.45) is 5.92 Å². The molecule has 0 aliphatic rings. The van der Waals surface area contributed by atoms with Gasteiger partial charge >= 0.3 is 5.97 Å². The number of unbranched alkanes of at least 4 members (excludes halogenated alkanes) is 2. The molecule has 0 radical (unpaired) electrons. The maximum Gasteiger partial charge on any atom is 0.303 e. The number of rotatable bonds is 8. The summed E-state index contributed by atoms with van der Waals surface area (Å²) in [5.74, 6) is -0.297. The summed E-state index contributed by atoms with van der Waals surface area (Å²) in [7, 11) is 0. The predicted molar refractivity (Wildman–Crippen MR) is 55.2 cm³/mol. The lowest BCUT2D eigenvalue weighted by molar-refractivity contribution is -0.137. The smallest absolute Gasteiger partial charge is 0.303 e. The van der Waals surface area contributed by atoms with Gasteiger partial charge in [-0.1, -0.05) is 19.8 Å². The van der Waals surface area contributed by atoms with Crippen LogP contribution >= 0.6 is 0 Å². The highest BCUT2D eigenvalue weighted by molar-refractivity contribution is 5.78. The first-order chi connectivity index (χ1) is 6.57. The fourth-order valence-corrected chi connectivity index (χ4v) is 1.54. The van der Waals surface area contributed by atoms with Crippen molar-refractivity contribution in [2.45, 2.75) is 52.4 Å². The minimum Gasteiger partial charge on any atom is -0.481 e. The number of aliphatic carboxylic acids is 1. The molecule has 0 rings (SSSR count). The van der Waals surface area contributed by atoms with E-state index in [0.717, 1.165) is 32.1 Å². The molecule has 1 atom stereocenters. The first-order valence-electron chi connectivity index (χ1n) is 5.30. The molecule has 14 heavy (non-hydrogen) atoms. The number of ketones is 1. The molecule has 0 aromatic heterocycles. The van der Waals surface area contributed by atoms with Crippen LogP contribution in [0.5, 0.6) is 0 Å². The van der Waals surface area contributed by atoms with Crippen molar-refractivity contribution < 1.29 is 14.7 Å². The number of carbonyl (C=O) groups is 2. The van der Waals surface area contributed by atoms with Crippen LogP contribution in [0, 0.1) is 5.92 Å². The molecule has 0 unspecified atom stereocenters. The Labute approximate surface area is 85.5 Å². The zero-order chi connectivity index (χ0) is 11.0. The minimum absolute atomic E-state index is 0.180. The van der Waals surface area contributed by atoms with Crippen molar-refractivity contribution in [3.05, 3.63) is 0 Å². The van der Waals surface area contributed by atoms with Gasteiger partial charge in [-0.05, 0) is 26.2 Å². The lowest BCUT2D eigenvalue weighted by Gasteiger charge is -2.09. The second-order valence-corrected chi connectivity index (χ2v) is 3.71. The lowest BCUT2D eigenvalue weighted by Crippen LogP contribution is -2.09. The van der Waals surface area contributed by atoms with Crippen LogP contribution in [0.2, 0.25) is 0 Å². The average molecular weight is 200 g/mol. The standard InChI is InChI=1S/C11H20O3/c1-3-10(9(2)12)7-5-4-6-8-11(13)14/h10H,3-8H2,1-2H3,(H,13,14)/t10-/m0/s1. The molecule has 3 heteroatoms. The Hall–Kier alpha value is -0.860. The summed E-state index contributed by atoms with van der Waals surface area (Å²) in [5.41, 5.74) is 0. The van der Waals surface area contributed by atoms with Gasteiger partial charge in [-0.15, -0.1) is 0 Å². The number of carbonyl (C=O) groups excluding carboxylic acids is 1. The SMILES string of the molecule is CC[C@@H](CCCCCC(=O)O)C(C)=O.